The van der Waals surface area contributed by atoms with E-state index in [2.05, 4.69) is 47.5 Å². The Hall–Kier alpha value is -1.16. The van der Waals surface area contributed by atoms with Crippen molar-refractivity contribution in [3.05, 3.63) is 57.3 Å². The van der Waals surface area contributed by atoms with E-state index in [4.69, 9.17) is 5.73 Å². The summed E-state index contributed by atoms with van der Waals surface area (Å²) in [6.07, 6.45) is 2.30. The molecule has 0 bridgehead atoms. The first kappa shape index (κ1) is 13.8. The molecule has 1 aliphatic rings. The second-order valence-corrected chi connectivity index (χ2v) is 6.48. The first-order valence-electron chi connectivity index (χ1n) is 7.36. The number of hydrogen-bond acceptors (Lipinski definition) is 3. The van der Waals surface area contributed by atoms with Gasteiger partial charge in [-0.05, 0) is 47.9 Å². The Morgan fingerprint density at radius 1 is 1.25 bits per heavy atom. The summed E-state index contributed by atoms with van der Waals surface area (Å²) in [5.74, 6) is 0. The Kier molecular flexibility index (Phi) is 4.20. The van der Waals surface area contributed by atoms with E-state index in [0.29, 0.717) is 12.6 Å². The van der Waals surface area contributed by atoms with Crippen LogP contribution in [0.2, 0.25) is 0 Å². The van der Waals surface area contributed by atoms with Crippen LogP contribution in [0, 0.1) is 0 Å². The minimum Gasteiger partial charge on any atom is -0.326 e. The lowest BCUT2D eigenvalue weighted by atomic mass is 9.99. The van der Waals surface area contributed by atoms with Gasteiger partial charge in [0.25, 0.3) is 0 Å². The topological polar surface area (TPSA) is 29.3 Å². The summed E-state index contributed by atoms with van der Waals surface area (Å²) < 4.78 is 0. The molecule has 0 fully saturated rings. The highest BCUT2D eigenvalue weighted by atomic mass is 32.1. The molecule has 20 heavy (non-hydrogen) atoms. The standard InChI is InChI=1S/C17H22N2S/c1-13-16-8-11-20-17(16)7-10-19(13)9-6-14-4-2-3-5-15(14)12-18/h2-5,8,11,13H,6-7,9-10,12,18H2,1H3. The Morgan fingerprint density at radius 3 is 2.85 bits per heavy atom. The van der Waals surface area contributed by atoms with E-state index >= 15 is 0 Å². The minimum absolute atomic E-state index is 0.551. The average Bonchev–Trinajstić information content (AvgIpc) is 2.96. The molecule has 0 spiro atoms. The fourth-order valence-corrected chi connectivity index (χ4v) is 4.09. The summed E-state index contributed by atoms with van der Waals surface area (Å²) >= 11 is 1.91. The van der Waals surface area contributed by atoms with E-state index in [1.165, 1.54) is 29.7 Å². The van der Waals surface area contributed by atoms with Crippen LogP contribution >= 0.6 is 11.3 Å². The molecule has 2 heterocycles. The summed E-state index contributed by atoms with van der Waals surface area (Å²) in [6, 6.07) is 11.4. The first-order chi connectivity index (χ1) is 9.79. The molecule has 3 heteroatoms. The summed E-state index contributed by atoms with van der Waals surface area (Å²) in [4.78, 5) is 4.18. The molecule has 2 nitrogen and oxygen atoms in total. The normalized spacial score (nSPS) is 19.0. The van der Waals surface area contributed by atoms with Gasteiger partial charge in [0.2, 0.25) is 0 Å². The molecule has 2 aromatic rings. The maximum Gasteiger partial charge on any atom is 0.0331 e. The Balaban J connectivity index is 1.67. The zero-order valence-electron chi connectivity index (χ0n) is 12.0. The predicted octanol–water partition coefficient (Wildman–Crippen LogP) is 3.37. The number of thiophene rings is 1. The fourth-order valence-electron chi connectivity index (χ4n) is 3.13. The number of fused-ring (bicyclic) bond motifs is 1. The van der Waals surface area contributed by atoms with Gasteiger partial charge in [0.1, 0.15) is 0 Å². The number of benzene rings is 1. The number of hydrogen-bond donors (Lipinski definition) is 1. The van der Waals surface area contributed by atoms with Gasteiger partial charge in [0.05, 0.1) is 0 Å². The molecule has 1 aromatic carbocycles. The van der Waals surface area contributed by atoms with Gasteiger partial charge >= 0.3 is 0 Å². The summed E-state index contributed by atoms with van der Waals surface area (Å²) in [5, 5.41) is 2.23. The minimum atomic E-state index is 0.551. The van der Waals surface area contributed by atoms with E-state index in [1.807, 2.05) is 11.3 Å². The van der Waals surface area contributed by atoms with E-state index in [0.717, 1.165) is 13.0 Å². The number of nitrogens with two attached hydrogens (primary N) is 1. The Labute approximate surface area is 125 Å². The van der Waals surface area contributed by atoms with Gasteiger partial charge in [0.15, 0.2) is 0 Å². The molecular weight excluding hydrogens is 264 g/mol. The van der Waals surface area contributed by atoms with E-state index in [9.17, 15) is 0 Å². The molecule has 1 aromatic heterocycles. The van der Waals surface area contributed by atoms with E-state index < -0.39 is 0 Å². The van der Waals surface area contributed by atoms with Crippen molar-refractivity contribution in [1.82, 2.24) is 4.90 Å². The third-order valence-electron chi connectivity index (χ3n) is 4.41. The second-order valence-electron chi connectivity index (χ2n) is 5.48. The molecule has 0 radical (unpaired) electrons. The van der Waals surface area contributed by atoms with E-state index in [-0.39, 0.29) is 0 Å². The molecule has 0 saturated heterocycles. The van der Waals surface area contributed by atoms with Crippen molar-refractivity contribution in [3.63, 3.8) is 0 Å². The average molecular weight is 286 g/mol. The zero-order valence-corrected chi connectivity index (χ0v) is 12.8. The molecule has 0 saturated carbocycles. The third-order valence-corrected chi connectivity index (χ3v) is 5.41. The molecule has 106 valence electrons. The van der Waals surface area contributed by atoms with Crippen molar-refractivity contribution in [2.24, 2.45) is 5.73 Å². The van der Waals surface area contributed by atoms with Gasteiger partial charge in [0, 0.05) is 30.6 Å². The van der Waals surface area contributed by atoms with Gasteiger partial charge in [-0.2, -0.15) is 0 Å². The molecule has 0 amide bonds. The zero-order chi connectivity index (χ0) is 13.9. The van der Waals surface area contributed by atoms with Crippen molar-refractivity contribution in [2.75, 3.05) is 13.1 Å². The molecule has 1 atom stereocenters. The van der Waals surface area contributed by atoms with Crippen molar-refractivity contribution in [3.8, 4) is 0 Å². The van der Waals surface area contributed by atoms with Crippen LogP contribution in [0.5, 0.6) is 0 Å². The number of rotatable bonds is 4. The van der Waals surface area contributed by atoms with Crippen molar-refractivity contribution in [2.45, 2.75) is 32.4 Å². The van der Waals surface area contributed by atoms with Crippen molar-refractivity contribution < 1.29 is 0 Å². The van der Waals surface area contributed by atoms with Crippen LogP contribution in [-0.2, 0) is 19.4 Å². The maximum atomic E-state index is 5.82. The van der Waals surface area contributed by atoms with Gasteiger partial charge in [-0.15, -0.1) is 11.3 Å². The van der Waals surface area contributed by atoms with Gasteiger partial charge in [-0.25, -0.2) is 0 Å². The Morgan fingerprint density at radius 2 is 2.05 bits per heavy atom. The largest absolute Gasteiger partial charge is 0.326 e. The SMILES string of the molecule is CC1c2ccsc2CCN1CCc1ccccc1CN. The lowest BCUT2D eigenvalue weighted by molar-refractivity contribution is 0.203. The number of nitrogens with zero attached hydrogens (tertiary/aromatic N) is 1. The summed E-state index contributed by atoms with van der Waals surface area (Å²) in [7, 11) is 0. The van der Waals surface area contributed by atoms with Crippen LogP contribution in [0.3, 0.4) is 0 Å². The molecule has 2 N–H and O–H groups in total. The van der Waals surface area contributed by atoms with Crippen molar-refractivity contribution in [1.29, 1.82) is 0 Å². The molecular formula is C17H22N2S. The van der Waals surface area contributed by atoms with Crippen LogP contribution < -0.4 is 5.73 Å². The predicted molar refractivity (Wildman–Crippen MR) is 86.0 cm³/mol. The van der Waals surface area contributed by atoms with Crippen molar-refractivity contribution >= 4 is 11.3 Å². The highest BCUT2D eigenvalue weighted by molar-refractivity contribution is 7.10. The summed E-state index contributed by atoms with van der Waals surface area (Å²) in [5.41, 5.74) is 10.0. The second kappa shape index (κ2) is 6.08. The first-order valence-corrected chi connectivity index (χ1v) is 8.24. The molecule has 0 aliphatic carbocycles. The van der Waals surface area contributed by atoms with Gasteiger partial charge in [-0.3, -0.25) is 4.90 Å². The monoisotopic (exact) mass is 286 g/mol. The molecule has 3 rings (SSSR count). The fraction of sp³-hybridized carbons (Fsp3) is 0.412. The lowest BCUT2D eigenvalue weighted by Crippen LogP contribution is -2.34. The Bertz CT molecular complexity index is 576. The van der Waals surface area contributed by atoms with Crippen LogP contribution in [0.15, 0.2) is 35.7 Å². The van der Waals surface area contributed by atoms with Crippen LogP contribution in [0.1, 0.15) is 34.5 Å². The lowest BCUT2D eigenvalue weighted by Gasteiger charge is -2.33. The highest BCUT2D eigenvalue weighted by Crippen LogP contribution is 2.32. The highest BCUT2D eigenvalue weighted by Gasteiger charge is 2.24. The van der Waals surface area contributed by atoms with Crippen LogP contribution in [0.25, 0.3) is 0 Å². The van der Waals surface area contributed by atoms with Gasteiger partial charge in [-0.1, -0.05) is 24.3 Å². The molecule has 1 unspecified atom stereocenters. The van der Waals surface area contributed by atoms with E-state index in [1.54, 1.807) is 4.88 Å². The third kappa shape index (κ3) is 2.66. The summed E-state index contributed by atoms with van der Waals surface area (Å²) in [6.45, 7) is 5.27. The molecule has 1 aliphatic heterocycles. The smallest absolute Gasteiger partial charge is 0.0331 e. The van der Waals surface area contributed by atoms with Crippen LogP contribution in [-0.4, -0.2) is 18.0 Å². The maximum absolute atomic E-state index is 5.82. The van der Waals surface area contributed by atoms with Crippen LogP contribution in [0.4, 0.5) is 0 Å². The quantitative estimate of drug-likeness (QED) is 0.933. The van der Waals surface area contributed by atoms with Gasteiger partial charge < -0.3 is 5.73 Å².